The number of benzene rings is 3. The second kappa shape index (κ2) is 7.64. The number of esters is 1. The predicted octanol–water partition coefficient (Wildman–Crippen LogP) is 4.84. The van der Waals surface area contributed by atoms with Gasteiger partial charge < -0.3 is 14.2 Å². The number of Topliss-reactive ketones (excluding diaryl/α,β-unsaturated/α-hetero) is 1. The molecule has 1 heterocycles. The van der Waals surface area contributed by atoms with E-state index in [4.69, 9.17) is 14.2 Å². The van der Waals surface area contributed by atoms with Crippen molar-refractivity contribution in [2.75, 3.05) is 7.11 Å². The standard InChI is InChI=1S/C24H18O5/c1-15-7-9-16(10-8-15)13-22-23(25)18-12-11-17(14-21(18)29-22)28-24(26)19-5-3-4-6-20(19)27-2/h3-14H,1-2H3/b22-13-. The lowest BCUT2D eigenvalue weighted by Crippen LogP contribution is -2.10. The number of rotatable bonds is 4. The molecular formula is C24H18O5. The maximum atomic E-state index is 12.6. The van der Waals surface area contributed by atoms with Crippen LogP contribution in [0.3, 0.4) is 0 Å². The number of hydrogen-bond acceptors (Lipinski definition) is 5. The molecular weight excluding hydrogens is 368 g/mol. The Labute approximate surface area is 168 Å². The molecule has 29 heavy (non-hydrogen) atoms. The highest BCUT2D eigenvalue weighted by Crippen LogP contribution is 2.35. The number of carbonyl (C=O) groups excluding carboxylic acids is 2. The molecule has 0 spiro atoms. The van der Waals surface area contributed by atoms with Crippen LogP contribution in [0.1, 0.15) is 31.8 Å². The predicted molar refractivity (Wildman–Crippen MR) is 109 cm³/mol. The van der Waals surface area contributed by atoms with Gasteiger partial charge >= 0.3 is 5.97 Å². The van der Waals surface area contributed by atoms with Gasteiger partial charge in [0.15, 0.2) is 5.76 Å². The van der Waals surface area contributed by atoms with Gasteiger partial charge in [-0.3, -0.25) is 4.79 Å². The molecule has 3 aromatic carbocycles. The van der Waals surface area contributed by atoms with Crippen molar-refractivity contribution in [2.45, 2.75) is 6.92 Å². The second-order valence-corrected chi connectivity index (χ2v) is 6.60. The summed E-state index contributed by atoms with van der Waals surface area (Å²) in [6, 6.07) is 19.3. The van der Waals surface area contributed by atoms with E-state index < -0.39 is 5.97 Å². The van der Waals surface area contributed by atoms with Gasteiger partial charge in [-0.15, -0.1) is 0 Å². The monoisotopic (exact) mass is 386 g/mol. The summed E-state index contributed by atoms with van der Waals surface area (Å²) < 4.78 is 16.4. The van der Waals surface area contributed by atoms with Crippen LogP contribution in [0, 0.1) is 6.92 Å². The first-order valence-electron chi connectivity index (χ1n) is 9.05. The summed E-state index contributed by atoms with van der Waals surface area (Å²) in [6.45, 7) is 2.00. The van der Waals surface area contributed by atoms with Crippen molar-refractivity contribution in [1.82, 2.24) is 0 Å². The van der Waals surface area contributed by atoms with Crippen LogP contribution in [0.4, 0.5) is 0 Å². The van der Waals surface area contributed by atoms with Crippen molar-refractivity contribution in [1.29, 1.82) is 0 Å². The largest absolute Gasteiger partial charge is 0.496 e. The van der Waals surface area contributed by atoms with Gasteiger partial charge in [-0.1, -0.05) is 42.0 Å². The number of allylic oxidation sites excluding steroid dienone is 1. The highest BCUT2D eigenvalue weighted by atomic mass is 16.5. The molecule has 0 amide bonds. The van der Waals surface area contributed by atoms with E-state index in [9.17, 15) is 9.59 Å². The summed E-state index contributed by atoms with van der Waals surface area (Å²) in [5.41, 5.74) is 2.75. The zero-order chi connectivity index (χ0) is 20.4. The SMILES string of the molecule is COc1ccccc1C(=O)Oc1ccc2c(c1)O/C(=C\c1ccc(C)cc1)C2=O. The minimum Gasteiger partial charge on any atom is -0.496 e. The van der Waals surface area contributed by atoms with Gasteiger partial charge in [-0.25, -0.2) is 4.79 Å². The van der Waals surface area contributed by atoms with Crippen molar-refractivity contribution in [3.63, 3.8) is 0 Å². The summed E-state index contributed by atoms with van der Waals surface area (Å²) in [5, 5.41) is 0. The van der Waals surface area contributed by atoms with E-state index in [1.165, 1.54) is 13.2 Å². The lowest BCUT2D eigenvalue weighted by molar-refractivity contribution is 0.0731. The van der Waals surface area contributed by atoms with Gasteiger partial charge in [0.05, 0.1) is 12.7 Å². The number of methoxy groups -OCH3 is 1. The molecule has 0 bridgehead atoms. The van der Waals surface area contributed by atoms with E-state index in [1.54, 1.807) is 42.5 Å². The maximum absolute atomic E-state index is 12.6. The molecule has 0 aromatic heterocycles. The molecule has 1 aliphatic heterocycles. The van der Waals surface area contributed by atoms with Crippen LogP contribution in [0.25, 0.3) is 6.08 Å². The van der Waals surface area contributed by atoms with Crippen LogP contribution in [0.5, 0.6) is 17.2 Å². The minimum absolute atomic E-state index is 0.205. The van der Waals surface area contributed by atoms with Gasteiger partial charge in [0.25, 0.3) is 0 Å². The Morgan fingerprint density at radius 3 is 2.52 bits per heavy atom. The number of aryl methyl sites for hydroxylation is 1. The van der Waals surface area contributed by atoms with E-state index in [0.717, 1.165) is 11.1 Å². The maximum Gasteiger partial charge on any atom is 0.347 e. The first-order valence-corrected chi connectivity index (χ1v) is 9.05. The molecule has 0 atom stereocenters. The average molecular weight is 386 g/mol. The van der Waals surface area contributed by atoms with Crippen LogP contribution in [0.2, 0.25) is 0 Å². The molecule has 5 nitrogen and oxygen atoms in total. The fourth-order valence-corrected chi connectivity index (χ4v) is 3.02. The second-order valence-electron chi connectivity index (χ2n) is 6.60. The number of ether oxygens (including phenoxy) is 3. The Morgan fingerprint density at radius 1 is 1.00 bits per heavy atom. The fraction of sp³-hybridized carbons (Fsp3) is 0.0833. The van der Waals surface area contributed by atoms with Crippen LogP contribution in [0.15, 0.2) is 72.5 Å². The minimum atomic E-state index is -0.554. The lowest BCUT2D eigenvalue weighted by atomic mass is 10.1. The molecule has 0 N–H and O–H groups in total. The van der Waals surface area contributed by atoms with Gasteiger partial charge in [-0.05, 0) is 42.8 Å². The van der Waals surface area contributed by atoms with Crippen molar-refractivity contribution >= 4 is 17.8 Å². The first-order chi connectivity index (χ1) is 14.0. The van der Waals surface area contributed by atoms with E-state index >= 15 is 0 Å². The van der Waals surface area contributed by atoms with Gasteiger partial charge in [0.1, 0.15) is 22.8 Å². The third-order valence-corrected chi connectivity index (χ3v) is 4.55. The summed E-state index contributed by atoms with van der Waals surface area (Å²) >= 11 is 0. The number of ketones is 1. The van der Waals surface area contributed by atoms with Crippen LogP contribution < -0.4 is 14.2 Å². The normalized spacial score (nSPS) is 13.7. The summed E-state index contributed by atoms with van der Waals surface area (Å²) in [4.78, 5) is 25.1. The summed E-state index contributed by atoms with van der Waals surface area (Å²) in [5.74, 6) is 0.540. The zero-order valence-corrected chi connectivity index (χ0v) is 16.0. The Bertz CT molecular complexity index is 1130. The highest BCUT2D eigenvalue weighted by molar-refractivity contribution is 6.14. The van der Waals surface area contributed by atoms with Crippen LogP contribution in [-0.4, -0.2) is 18.9 Å². The molecule has 0 saturated carbocycles. The third-order valence-electron chi connectivity index (χ3n) is 4.55. The van der Waals surface area contributed by atoms with Crippen molar-refractivity contribution in [3.8, 4) is 17.2 Å². The molecule has 4 rings (SSSR count). The van der Waals surface area contributed by atoms with Crippen molar-refractivity contribution < 1.29 is 23.8 Å². The summed E-state index contributed by atoms with van der Waals surface area (Å²) in [7, 11) is 1.49. The van der Waals surface area contributed by atoms with Crippen LogP contribution in [-0.2, 0) is 0 Å². The smallest absolute Gasteiger partial charge is 0.347 e. The van der Waals surface area contributed by atoms with Gasteiger partial charge in [-0.2, -0.15) is 0 Å². The van der Waals surface area contributed by atoms with Gasteiger partial charge in [0.2, 0.25) is 5.78 Å². The molecule has 3 aromatic rings. The van der Waals surface area contributed by atoms with E-state index in [1.807, 2.05) is 31.2 Å². The van der Waals surface area contributed by atoms with E-state index in [2.05, 4.69) is 0 Å². The van der Waals surface area contributed by atoms with E-state index in [0.29, 0.717) is 22.6 Å². The van der Waals surface area contributed by atoms with Gasteiger partial charge in [0, 0.05) is 6.07 Å². The molecule has 0 fully saturated rings. The number of fused-ring (bicyclic) bond motifs is 1. The summed E-state index contributed by atoms with van der Waals surface area (Å²) in [6.07, 6.45) is 1.70. The highest BCUT2D eigenvalue weighted by Gasteiger charge is 2.28. The molecule has 144 valence electrons. The average Bonchev–Trinajstić information content (AvgIpc) is 3.04. The fourth-order valence-electron chi connectivity index (χ4n) is 3.02. The van der Waals surface area contributed by atoms with Crippen molar-refractivity contribution in [2.24, 2.45) is 0 Å². The van der Waals surface area contributed by atoms with E-state index in [-0.39, 0.29) is 17.3 Å². The zero-order valence-electron chi connectivity index (χ0n) is 16.0. The lowest BCUT2D eigenvalue weighted by Gasteiger charge is -2.08. The molecule has 1 aliphatic rings. The molecule has 0 saturated heterocycles. The number of hydrogen-bond donors (Lipinski definition) is 0. The Hall–Kier alpha value is -3.86. The Kier molecular flexibility index (Phi) is 4.87. The number of para-hydroxylation sites is 1. The quantitative estimate of drug-likeness (QED) is 0.365. The van der Waals surface area contributed by atoms with Crippen LogP contribution >= 0.6 is 0 Å². The first kappa shape index (κ1) is 18.5. The Morgan fingerprint density at radius 2 is 1.76 bits per heavy atom. The molecule has 0 aliphatic carbocycles. The third kappa shape index (κ3) is 3.75. The number of carbonyl (C=O) groups is 2. The van der Waals surface area contributed by atoms with Crippen molar-refractivity contribution in [3.05, 3.63) is 94.7 Å². The molecule has 0 radical (unpaired) electrons. The molecule has 0 unspecified atom stereocenters. The Balaban J connectivity index is 1.56. The molecule has 5 heteroatoms. The topological polar surface area (TPSA) is 61.8 Å².